The van der Waals surface area contributed by atoms with Gasteiger partial charge in [-0.2, -0.15) is 0 Å². The van der Waals surface area contributed by atoms with E-state index < -0.39 is 73.2 Å². The smallest absolute Gasteiger partial charge is 0.315 e. The number of urea groups is 1. The van der Waals surface area contributed by atoms with Crippen LogP contribution in [0.1, 0.15) is 132 Å². The van der Waals surface area contributed by atoms with Crippen LogP contribution in [0.25, 0.3) is 0 Å². The second-order valence-corrected chi connectivity index (χ2v) is 20.7. The van der Waals surface area contributed by atoms with Crippen LogP contribution in [0.5, 0.6) is 0 Å². The Morgan fingerprint density at radius 3 is 2.00 bits per heavy atom. The second-order valence-electron chi connectivity index (χ2n) is 18.0. The fraction of sp³-hybridized carbons (Fsp3) is 0.865. The van der Waals surface area contributed by atoms with Crippen LogP contribution >= 0.6 is 0 Å². The van der Waals surface area contributed by atoms with Gasteiger partial charge in [0, 0.05) is 12.6 Å². The summed E-state index contributed by atoms with van der Waals surface area (Å²) >= 11 is 0. The normalized spacial score (nSPS) is 23.9. The first-order valence-corrected chi connectivity index (χ1v) is 20.6. The van der Waals surface area contributed by atoms with Crippen molar-refractivity contribution in [1.82, 2.24) is 26.2 Å². The van der Waals surface area contributed by atoms with E-state index in [2.05, 4.69) is 21.3 Å². The van der Waals surface area contributed by atoms with Gasteiger partial charge in [-0.1, -0.05) is 66.7 Å². The van der Waals surface area contributed by atoms with Gasteiger partial charge in [0.1, 0.15) is 12.1 Å². The Kier molecular flexibility index (Phi) is 12.4. The molecule has 284 valence electrons. The van der Waals surface area contributed by atoms with Crippen molar-refractivity contribution in [3.8, 4) is 0 Å². The Morgan fingerprint density at radius 1 is 0.860 bits per heavy atom. The Bertz CT molecular complexity index is 1390. The third kappa shape index (κ3) is 10.2. The van der Waals surface area contributed by atoms with E-state index in [0.717, 1.165) is 51.4 Å². The van der Waals surface area contributed by atoms with Gasteiger partial charge < -0.3 is 26.2 Å². The van der Waals surface area contributed by atoms with Crippen LogP contribution in [0, 0.1) is 23.2 Å². The third-order valence-electron chi connectivity index (χ3n) is 11.2. The van der Waals surface area contributed by atoms with Crippen LogP contribution in [0.2, 0.25) is 0 Å². The molecule has 12 nitrogen and oxygen atoms in total. The molecule has 4 atom stereocenters. The van der Waals surface area contributed by atoms with E-state index in [9.17, 15) is 32.4 Å². The van der Waals surface area contributed by atoms with E-state index >= 15 is 0 Å². The van der Waals surface area contributed by atoms with Gasteiger partial charge in [0.25, 0.3) is 5.91 Å². The van der Waals surface area contributed by atoms with Crippen molar-refractivity contribution in [2.24, 2.45) is 23.2 Å². The van der Waals surface area contributed by atoms with Crippen molar-refractivity contribution < 1.29 is 32.4 Å². The van der Waals surface area contributed by atoms with Gasteiger partial charge in [0.15, 0.2) is 9.84 Å². The molecule has 4 fully saturated rings. The summed E-state index contributed by atoms with van der Waals surface area (Å²) in [4.78, 5) is 70.1. The first-order chi connectivity index (χ1) is 23.1. The molecule has 0 radical (unpaired) electrons. The Morgan fingerprint density at radius 2 is 1.48 bits per heavy atom. The fourth-order valence-corrected chi connectivity index (χ4v) is 8.93. The summed E-state index contributed by atoms with van der Waals surface area (Å²) in [6.07, 6.45) is 9.07. The number of carbonyl (C=O) groups excluding carboxylic acids is 5. The molecule has 3 saturated carbocycles. The summed E-state index contributed by atoms with van der Waals surface area (Å²) in [5, 5.41) is 11.6. The van der Waals surface area contributed by atoms with Crippen LogP contribution in [-0.2, 0) is 29.0 Å². The topological polar surface area (TPSA) is 171 Å². The second kappa shape index (κ2) is 15.5. The van der Waals surface area contributed by atoms with Gasteiger partial charge in [-0.05, 0) is 88.9 Å². The largest absolute Gasteiger partial charge is 0.347 e. The number of nitrogens with zero attached hydrogens (tertiary/aromatic N) is 1. The summed E-state index contributed by atoms with van der Waals surface area (Å²) < 4.78 is 25.7. The van der Waals surface area contributed by atoms with Crippen molar-refractivity contribution in [3.63, 3.8) is 0 Å². The molecule has 0 spiro atoms. The molecule has 4 N–H and O–H groups in total. The van der Waals surface area contributed by atoms with Crippen molar-refractivity contribution in [3.05, 3.63) is 0 Å². The number of likely N-dealkylation sites (tertiary alicyclic amines) is 1. The number of rotatable bonds is 14. The van der Waals surface area contributed by atoms with E-state index in [0.29, 0.717) is 38.1 Å². The average Bonchev–Trinajstić information content (AvgIpc) is 3.94. The van der Waals surface area contributed by atoms with Gasteiger partial charge in [-0.3, -0.25) is 19.2 Å². The summed E-state index contributed by atoms with van der Waals surface area (Å²) in [6, 6.07) is -3.50. The van der Waals surface area contributed by atoms with Gasteiger partial charge in [-0.25, -0.2) is 13.2 Å². The highest BCUT2D eigenvalue weighted by molar-refractivity contribution is 7.92. The lowest BCUT2D eigenvalue weighted by Crippen LogP contribution is -2.64. The number of hydrogen-bond acceptors (Lipinski definition) is 7. The van der Waals surface area contributed by atoms with E-state index in [4.69, 9.17) is 0 Å². The van der Waals surface area contributed by atoms with E-state index in [1.807, 2.05) is 34.6 Å². The minimum atomic E-state index is -3.56. The zero-order valence-electron chi connectivity index (χ0n) is 31.7. The Labute approximate surface area is 299 Å². The van der Waals surface area contributed by atoms with Crippen molar-refractivity contribution >= 4 is 39.4 Å². The van der Waals surface area contributed by atoms with Crippen LogP contribution in [-0.4, -0.2) is 89.6 Å². The van der Waals surface area contributed by atoms with E-state index in [1.54, 1.807) is 20.8 Å². The first-order valence-electron chi connectivity index (χ1n) is 18.9. The van der Waals surface area contributed by atoms with Crippen LogP contribution in [0.15, 0.2) is 0 Å². The van der Waals surface area contributed by atoms with Gasteiger partial charge in [-0.15, -0.1) is 0 Å². The van der Waals surface area contributed by atoms with Crippen molar-refractivity contribution in [1.29, 1.82) is 0 Å². The van der Waals surface area contributed by atoms with E-state index in [-0.39, 0.29) is 23.6 Å². The van der Waals surface area contributed by atoms with Gasteiger partial charge >= 0.3 is 6.03 Å². The molecule has 0 aromatic carbocycles. The SMILES string of the molecule is CC(C)[C@H]1CCN(C(=O)[C@@H](NC(=O)NC2(CS(=O)(=O)C(C)(C)C)CCCCC2)C(C)(C)C)[C@@H]1C(=O)N[C@H](CCC1CC1)C(=O)C(=O)NC1CC1. The summed E-state index contributed by atoms with van der Waals surface area (Å²) in [5.74, 6) is -2.05. The lowest BCUT2D eigenvalue weighted by molar-refractivity contribution is -0.145. The molecule has 3 aliphatic carbocycles. The van der Waals surface area contributed by atoms with Crippen LogP contribution in [0.4, 0.5) is 4.79 Å². The number of nitrogens with one attached hydrogen (secondary N) is 4. The molecule has 0 aromatic rings. The predicted octanol–water partition coefficient (Wildman–Crippen LogP) is 4.01. The maximum Gasteiger partial charge on any atom is 0.315 e. The highest BCUT2D eigenvalue weighted by Crippen LogP contribution is 2.36. The molecule has 4 aliphatic rings. The lowest BCUT2D eigenvalue weighted by atomic mass is 9.83. The third-order valence-corrected chi connectivity index (χ3v) is 14.0. The minimum absolute atomic E-state index is 0.00872. The zero-order valence-corrected chi connectivity index (χ0v) is 32.5. The highest BCUT2D eigenvalue weighted by atomic mass is 32.2. The van der Waals surface area contributed by atoms with Gasteiger partial charge in [0.05, 0.1) is 22.1 Å². The summed E-state index contributed by atoms with van der Waals surface area (Å²) in [5.41, 5.74) is -1.71. The Hall–Kier alpha value is -2.70. The molecule has 1 aliphatic heterocycles. The van der Waals surface area contributed by atoms with Crippen molar-refractivity contribution in [2.45, 2.75) is 167 Å². The molecule has 1 heterocycles. The molecule has 50 heavy (non-hydrogen) atoms. The number of carbonyl (C=O) groups is 5. The van der Waals surface area contributed by atoms with E-state index in [1.165, 1.54) is 4.90 Å². The van der Waals surface area contributed by atoms with Crippen LogP contribution in [0.3, 0.4) is 0 Å². The monoisotopic (exact) mass is 721 g/mol. The standard InChI is InChI=1S/C37H63N5O7S/c1-23(2)26-18-21-42(28(26)31(44)39-27(17-14-24-12-13-24)29(43)32(45)38-25-15-16-25)33(46)30(35(3,4)5)40-34(47)41-37(19-10-9-11-20-37)22-50(48,49)36(6,7)8/h23-28,30H,9-22H2,1-8H3,(H,38,45)(H,39,44)(H2,40,41,47)/t26-,27-,28+,30-/m1/s1. The molecular formula is C37H63N5O7S. The predicted molar refractivity (Wildman–Crippen MR) is 193 cm³/mol. The number of amides is 5. The minimum Gasteiger partial charge on any atom is -0.347 e. The molecule has 4 rings (SSSR count). The molecule has 0 unspecified atom stereocenters. The molecule has 0 bridgehead atoms. The fourth-order valence-electron chi connectivity index (χ4n) is 7.41. The molecule has 5 amide bonds. The average molecular weight is 722 g/mol. The maximum atomic E-state index is 14.5. The Balaban J connectivity index is 1.54. The van der Waals surface area contributed by atoms with Crippen molar-refractivity contribution in [2.75, 3.05) is 12.3 Å². The number of Topliss-reactive ketones (excluding diaryl/α,β-unsaturated/α-hetero) is 1. The molecule has 1 saturated heterocycles. The molecule has 0 aromatic heterocycles. The highest BCUT2D eigenvalue weighted by Gasteiger charge is 2.49. The van der Waals surface area contributed by atoms with Crippen LogP contribution < -0.4 is 21.3 Å². The quantitative estimate of drug-likeness (QED) is 0.196. The number of hydrogen-bond donors (Lipinski definition) is 4. The zero-order chi connectivity index (χ0) is 37.2. The lowest BCUT2D eigenvalue weighted by Gasteiger charge is -2.41. The molecule has 13 heteroatoms. The number of ketones is 1. The maximum absolute atomic E-state index is 14.5. The summed E-state index contributed by atoms with van der Waals surface area (Å²) in [6.45, 7) is 14.8. The summed E-state index contributed by atoms with van der Waals surface area (Å²) in [7, 11) is -3.56. The van der Waals surface area contributed by atoms with Gasteiger partial charge in [0.2, 0.25) is 17.6 Å². The number of sulfone groups is 1. The molecular weight excluding hydrogens is 659 g/mol. The first kappa shape index (κ1) is 40.1.